The fourth-order valence-corrected chi connectivity index (χ4v) is 3.57. The Kier molecular flexibility index (Phi) is 7.21. The Hall–Kier alpha value is -2.90. The minimum atomic E-state index is -0.571. The second-order valence-corrected chi connectivity index (χ2v) is 7.33. The van der Waals surface area contributed by atoms with E-state index in [1.807, 2.05) is 11.9 Å². The third kappa shape index (κ3) is 5.79. The topological polar surface area (TPSA) is 79.3 Å². The molecule has 2 aromatic rings. The molecular formula is C21H28FN5O2. The molecule has 1 aromatic carbocycles. The molecule has 156 valence electrons. The molecule has 1 fully saturated rings. The van der Waals surface area contributed by atoms with Crippen LogP contribution in [-0.4, -0.2) is 46.0 Å². The van der Waals surface area contributed by atoms with E-state index in [1.54, 1.807) is 29.1 Å². The molecule has 3 rings (SSSR count). The number of benzene rings is 1. The number of nitrogens with zero attached hydrogens (tertiary/aromatic N) is 3. The molecule has 1 aromatic heterocycles. The molecule has 3 amide bonds. The molecule has 0 saturated carbocycles. The number of carbonyl (C=O) groups is 2. The molecule has 0 spiro atoms. The number of hydrogen-bond acceptors (Lipinski definition) is 3. The largest absolute Gasteiger partial charge is 0.343 e. The number of likely N-dealkylation sites (tertiary alicyclic amines) is 1. The highest BCUT2D eigenvalue weighted by Gasteiger charge is 2.21. The third-order valence-electron chi connectivity index (χ3n) is 5.14. The number of nitrogens with one attached hydrogen (secondary N) is 2. The van der Waals surface area contributed by atoms with Gasteiger partial charge in [-0.3, -0.25) is 4.79 Å². The lowest BCUT2D eigenvalue weighted by atomic mass is 10.1. The maximum absolute atomic E-state index is 13.7. The van der Waals surface area contributed by atoms with Crippen LogP contribution in [0.1, 0.15) is 49.5 Å². The van der Waals surface area contributed by atoms with Crippen LogP contribution < -0.4 is 10.6 Å². The zero-order valence-electron chi connectivity index (χ0n) is 16.7. The highest BCUT2D eigenvalue weighted by atomic mass is 19.1. The van der Waals surface area contributed by atoms with Crippen LogP contribution in [0, 0.1) is 5.82 Å². The van der Waals surface area contributed by atoms with Crippen LogP contribution in [0.4, 0.5) is 9.18 Å². The lowest BCUT2D eigenvalue weighted by molar-refractivity contribution is -0.130. The van der Waals surface area contributed by atoms with Gasteiger partial charge < -0.3 is 20.1 Å². The van der Waals surface area contributed by atoms with Crippen LogP contribution in [0.3, 0.4) is 0 Å². The van der Waals surface area contributed by atoms with E-state index in [0.717, 1.165) is 25.8 Å². The van der Waals surface area contributed by atoms with E-state index in [4.69, 9.17) is 0 Å². The van der Waals surface area contributed by atoms with Gasteiger partial charge >= 0.3 is 6.03 Å². The van der Waals surface area contributed by atoms with Crippen molar-refractivity contribution in [3.05, 3.63) is 53.9 Å². The van der Waals surface area contributed by atoms with Crippen molar-refractivity contribution in [3.8, 4) is 0 Å². The number of halogens is 1. The zero-order chi connectivity index (χ0) is 20.6. The Balaban J connectivity index is 1.55. The molecule has 0 radical (unpaired) electrons. The van der Waals surface area contributed by atoms with E-state index in [9.17, 15) is 14.0 Å². The Bertz CT molecular complexity index is 838. The molecule has 0 bridgehead atoms. The molecule has 2 heterocycles. The third-order valence-corrected chi connectivity index (χ3v) is 5.14. The number of amides is 3. The average Bonchev–Trinajstić information content (AvgIpc) is 3.01. The van der Waals surface area contributed by atoms with Gasteiger partial charge in [0.1, 0.15) is 17.7 Å². The Labute approximate surface area is 170 Å². The van der Waals surface area contributed by atoms with Crippen LogP contribution in [0.25, 0.3) is 0 Å². The highest BCUT2D eigenvalue weighted by Crippen LogP contribution is 2.21. The molecule has 1 aliphatic heterocycles. The summed E-state index contributed by atoms with van der Waals surface area (Å²) in [5.41, 5.74) is 0.615. The minimum Gasteiger partial charge on any atom is -0.343 e. The predicted molar refractivity (Wildman–Crippen MR) is 108 cm³/mol. The molecular weight excluding hydrogens is 373 g/mol. The van der Waals surface area contributed by atoms with Gasteiger partial charge in [-0.15, -0.1) is 0 Å². The smallest absolute Gasteiger partial charge is 0.315 e. The summed E-state index contributed by atoms with van der Waals surface area (Å²) < 4.78 is 15.5. The van der Waals surface area contributed by atoms with Gasteiger partial charge in [0.05, 0.1) is 0 Å². The lowest BCUT2D eigenvalue weighted by Gasteiger charge is -2.21. The van der Waals surface area contributed by atoms with Crippen molar-refractivity contribution in [2.24, 2.45) is 7.05 Å². The van der Waals surface area contributed by atoms with Crippen molar-refractivity contribution in [2.45, 2.75) is 38.1 Å². The first kappa shape index (κ1) is 20.8. The number of aromatic nitrogens is 2. The number of urea groups is 1. The summed E-state index contributed by atoms with van der Waals surface area (Å²) in [5.74, 6) is 0.444. The van der Waals surface area contributed by atoms with E-state index in [-0.39, 0.29) is 17.8 Å². The summed E-state index contributed by atoms with van der Waals surface area (Å²) >= 11 is 0. The van der Waals surface area contributed by atoms with Gasteiger partial charge in [0.15, 0.2) is 0 Å². The summed E-state index contributed by atoms with van der Waals surface area (Å²) in [6.07, 6.45) is 7.82. The summed E-state index contributed by atoms with van der Waals surface area (Å²) in [4.78, 5) is 30.7. The molecule has 8 heteroatoms. The first-order valence-corrected chi connectivity index (χ1v) is 10.1. The van der Waals surface area contributed by atoms with Gasteiger partial charge in [-0.2, -0.15) is 0 Å². The van der Waals surface area contributed by atoms with Crippen molar-refractivity contribution in [1.82, 2.24) is 25.1 Å². The summed E-state index contributed by atoms with van der Waals surface area (Å²) in [6.45, 7) is 1.89. The average molecular weight is 401 g/mol. The quantitative estimate of drug-likeness (QED) is 0.700. The normalized spacial score (nSPS) is 15.7. The van der Waals surface area contributed by atoms with Crippen molar-refractivity contribution in [3.63, 3.8) is 0 Å². The standard InChI is InChI=1S/C21H28FN5O2/c1-26-14-11-23-20(26)19(16-7-5-8-17(22)15-16)25-21(29)24-10-6-13-27-12-4-2-3-9-18(27)28/h5,7-8,11,14-15,19H,2-4,6,9-10,12-13H2,1H3,(H2,24,25,29). The van der Waals surface area contributed by atoms with Crippen molar-refractivity contribution < 1.29 is 14.0 Å². The van der Waals surface area contributed by atoms with Crippen molar-refractivity contribution in [2.75, 3.05) is 19.6 Å². The monoisotopic (exact) mass is 401 g/mol. The maximum atomic E-state index is 13.7. The van der Waals surface area contributed by atoms with E-state index >= 15 is 0 Å². The Morgan fingerprint density at radius 1 is 1.31 bits per heavy atom. The Morgan fingerprint density at radius 3 is 2.93 bits per heavy atom. The van der Waals surface area contributed by atoms with Crippen molar-refractivity contribution >= 4 is 11.9 Å². The van der Waals surface area contributed by atoms with E-state index in [2.05, 4.69) is 15.6 Å². The van der Waals surface area contributed by atoms with Gasteiger partial charge in [-0.25, -0.2) is 14.2 Å². The summed E-state index contributed by atoms with van der Waals surface area (Å²) in [7, 11) is 1.83. The summed E-state index contributed by atoms with van der Waals surface area (Å²) in [6, 6.07) is 5.20. The SMILES string of the molecule is Cn1ccnc1C(NC(=O)NCCCN1CCCCCC1=O)c1cccc(F)c1. The molecule has 0 aliphatic carbocycles. The van der Waals surface area contributed by atoms with Gasteiger partial charge in [-0.05, 0) is 37.0 Å². The van der Waals surface area contributed by atoms with Gasteiger partial charge in [-0.1, -0.05) is 18.6 Å². The molecule has 1 aliphatic rings. The molecule has 29 heavy (non-hydrogen) atoms. The number of carbonyl (C=O) groups excluding carboxylic acids is 2. The summed E-state index contributed by atoms with van der Waals surface area (Å²) in [5, 5.41) is 5.71. The first-order valence-electron chi connectivity index (χ1n) is 10.1. The van der Waals surface area contributed by atoms with Crippen molar-refractivity contribution in [1.29, 1.82) is 0 Å². The predicted octanol–water partition coefficient (Wildman–Crippen LogP) is 2.74. The van der Waals surface area contributed by atoms with E-state index in [0.29, 0.717) is 37.3 Å². The molecule has 1 atom stereocenters. The van der Waals surface area contributed by atoms with E-state index < -0.39 is 6.04 Å². The van der Waals surface area contributed by atoms with Crippen LogP contribution in [0.15, 0.2) is 36.7 Å². The van der Waals surface area contributed by atoms with E-state index in [1.165, 1.54) is 12.1 Å². The zero-order valence-corrected chi connectivity index (χ0v) is 16.7. The number of imidazole rings is 1. The molecule has 2 N–H and O–H groups in total. The number of hydrogen-bond donors (Lipinski definition) is 2. The fraction of sp³-hybridized carbons (Fsp3) is 0.476. The highest BCUT2D eigenvalue weighted by molar-refractivity contribution is 5.76. The van der Waals surface area contributed by atoms with Crippen LogP contribution >= 0.6 is 0 Å². The first-order chi connectivity index (χ1) is 14.0. The van der Waals surface area contributed by atoms with Gasteiger partial charge in [0.25, 0.3) is 0 Å². The lowest BCUT2D eigenvalue weighted by Crippen LogP contribution is -2.40. The Morgan fingerprint density at radius 2 is 2.17 bits per heavy atom. The molecule has 1 saturated heterocycles. The van der Waals surface area contributed by atoms with Crippen LogP contribution in [0.2, 0.25) is 0 Å². The molecule has 7 nitrogen and oxygen atoms in total. The van der Waals surface area contributed by atoms with Crippen LogP contribution in [-0.2, 0) is 11.8 Å². The van der Waals surface area contributed by atoms with Crippen LogP contribution in [0.5, 0.6) is 0 Å². The second kappa shape index (κ2) is 10.0. The number of aryl methyl sites for hydroxylation is 1. The minimum absolute atomic E-state index is 0.202. The van der Waals surface area contributed by atoms with Gasteiger partial charge in [0.2, 0.25) is 5.91 Å². The maximum Gasteiger partial charge on any atom is 0.315 e. The fourth-order valence-electron chi connectivity index (χ4n) is 3.57. The number of rotatable bonds is 7. The second-order valence-electron chi connectivity index (χ2n) is 7.33. The molecule has 1 unspecified atom stereocenters. The van der Waals surface area contributed by atoms with Gasteiger partial charge in [0, 0.05) is 45.5 Å².